The summed E-state index contributed by atoms with van der Waals surface area (Å²) in [6.45, 7) is 2.22. The molecular formula is C19H24ClN3O3. The van der Waals surface area contributed by atoms with E-state index in [0.717, 1.165) is 29.7 Å². The van der Waals surface area contributed by atoms with Gasteiger partial charge in [-0.3, -0.25) is 14.5 Å². The summed E-state index contributed by atoms with van der Waals surface area (Å²) in [5, 5.41) is 6.21. The maximum atomic E-state index is 12.8. The Hall–Kier alpha value is -2.08. The summed E-state index contributed by atoms with van der Waals surface area (Å²) in [6, 6.07) is 6.66. The topological polar surface area (TPSA) is 78.5 Å². The minimum Gasteiger partial charge on any atom is -0.350 e. The number of nitrogens with one attached hydrogen (secondary N) is 2. The Morgan fingerprint density at radius 1 is 1.27 bits per heavy atom. The van der Waals surface area contributed by atoms with Crippen LogP contribution in [0.3, 0.4) is 0 Å². The first-order valence-electron chi connectivity index (χ1n) is 9.09. The van der Waals surface area contributed by atoms with Crippen molar-refractivity contribution in [3.05, 3.63) is 34.9 Å². The molecule has 0 radical (unpaired) electrons. The predicted molar refractivity (Wildman–Crippen MR) is 98.5 cm³/mol. The Bertz CT molecular complexity index is 696. The monoisotopic (exact) mass is 377 g/mol. The first kappa shape index (κ1) is 18.7. The normalized spacial score (nSPS) is 25.5. The zero-order chi connectivity index (χ0) is 18.7. The van der Waals surface area contributed by atoms with Gasteiger partial charge in [-0.2, -0.15) is 0 Å². The van der Waals surface area contributed by atoms with Gasteiger partial charge in [0.1, 0.15) is 12.1 Å². The van der Waals surface area contributed by atoms with Gasteiger partial charge in [-0.05, 0) is 49.3 Å². The Kier molecular flexibility index (Phi) is 5.51. The fraction of sp³-hybridized carbons (Fsp3) is 0.526. The van der Waals surface area contributed by atoms with Crippen molar-refractivity contribution in [2.24, 2.45) is 5.92 Å². The summed E-state index contributed by atoms with van der Waals surface area (Å²) < 4.78 is 0. The van der Waals surface area contributed by atoms with E-state index in [1.165, 1.54) is 0 Å². The number of urea groups is 1. The van der Waals surface area contributed by atoms with Gasteiger partial charge in [-0.25, -0.2) is 4.79 Å². The average Bonchev–Trinajstić information content (AvgIpc) is 2.86. The number of hydrogen-bond donors (Lipinski definition) is 2. The lowest BCUT2D eigenvalue weighted by Gasteiger charge is -2.34. The molecule has 3 rings (SSSR count). The largest absolute Gasteiger partial charge is 0.350 e. The molecule has 1 aromatic carbocycles. The average molecular weight is 378 g/mol. The highest BCUT2D eigenvalue weighted by Gasteiger charge is 2.52. The lowest BCUT2D eigenvalue weighted by atomic mass is 9.75. The van der Waals surface area contributed by atoms with E-state index in [0.29, 0.717) is 30.3 Å². The number of rotatable bonds is 5. The second-order valence-electron chi connectivity index (χ2n) is 7.16. The first-order chi connectivity index (χ1) is 12.4. The maximum absolute atomic E-state index is 12.8. The van der Waals surface area contributed by atoms with Crippen molar-refractivity contribution in [1.29, 1.82) is 0 Å². The number of imide groups is 1. The van der Waals surface area contributed by atoms with Crippen LogP contribution >= 0.6 is 11.6 Å². The van der Waals surface area contributed by atoms with Crippen molar-refractivity contribution < 1.29 is 14.4 Å². The van der Waals surface area contributed by atoms with Crippen LogP contribution in [-0.4, -0.2) is 34.8 Å². The summed E-state index contributed by atoms with van der Waals surface area (Å²) >= 11 is 5.83. The molecule has 2 fully saturated rings. The molecule has 2 aliphatic rings. The molecular weight excluding hydrogens is 354 g/mol. The van der Waals surface area contributed by atoms with Gasteiger partial charge < -0.3 is 10.6 Å². The summed E-state index contributed by atoms with van der Waals surface area (Å²) in [6.07, 6.45) is 4.26. The van der Waals surface area contributed by atoms with E-state index < -0.39 is 11.6 Å². The molecule has 1 heterocycles. The summed E-state index contributed by atoms with van der Waals surface area (Å²) in [5.74, 6) is -0.0107. The van der Waals surface area contributed by atoms with Crippen molar-refractivity contribution >= 4 is 29.4 Å². The molecule has 1 saturated heterocycles. The van der Waals surface area contributed by atoms with Gasteiger partial charge in [0.2, 0.25) is 5.91 Å². The van der Waals surface area contributed by atoms with Gasteiger partial charge >= 0.3 is 6.03 Å². The lowest BCUT2D eigenvalue weighted by Crippen LogP contribution is -2.50. The van der Waals surface area contributed by atoms with Crippen LogP contribution in [0.2, 0.25) is 5.02 Å². The van der Waals surface area contributed by atoms with Crippen LogP contribution in [0.15, 0.2) is 24.3 Å². The summed E-state index contributed by atoms with van der Waals surface area (Å²) in [5.41, 5.74) is 0.0912. The number of halogens is 1. The van der Waals surface area contributed by atoms with Crippen molar-refractivity contribution in [2.45, 2.75) is 51.1 Å². The Balaban J connectivity index is 1.56. The molecule has 1 aliphatic heterocycles. The maximum Gasteiger partial charge on any atom is 0.325 e. The number of nitrogens with zero attached hydrogens (tertiary/aromatic N) is 1. The molecule has 140 valence electrons. The van der Waals surface area contributed by atoms with E-state index in [9.17, 15) is 14.4 Å². The van der Waals surface area contributed by atoms with Gasteiger partial charge in [0.05, 0.1) is 0 Å². The van der Waals surface area contributed by atoms with Crippen LogP contribution in [0.5, 0.6) is 0 Å². The molecule has 1 aromatic rings. The standard InChI is InChI=1S/C19H24ClN3O3/c1-2-13-7-9-19(10-8-13)17(25)23(18(26)22-19)12-16(24)21-11-14-3-5-15(20)6-4-14/h3-6,13H,2,7-12H2,1H3,(H,21,24)(H,22,26). The van der Waals surface area contributed by atoms with Gasteiger partial charge in [-0.15, -0.1) is 0 Å². The van der Waals surface area contributed by atoms with E-state index in [2.05, 4.69) is 17.6 Å². The van der Waals surface area contributed by atoms with Crippen molar-refractivity contribution in [3.63, 3.8) is 0 Å². The van der Waals surface area contributed by atoms with Crippen LogP contribution in [0.1, 0.15) is 44.6 Å². The number of hydrogen-bond acceptors (Lipinski definition) is 3. The Morgan fingerprint density at radius 2 is 1.92 bits per heavy atom. The third-order valence-corrected chi connectivity index (χ3v) is 5.74. The Morgan fingerprint density at radius 3 is 2.54 bits per heavy atom. The zero-order valence-corrected chi connectivity index (χ0v) is 15.6. The Labute approximate surface area is 158 Å². The minimum atomic E-state index is -0.806. The fourth-order valence-corrected chi connectivity index (χ4v) is 3.87. The van der Waals surface area contributed by atoms with Gasteiger partial charge in [0.25, 0.3) is 5.91 Å². The quantitative estimate of drug-likeness (QED) is 0.774. The molecule has 1 aliphatic carbocycles. The molecule has 4 amide bonds. The fourth-order valence-electron chi connectivity index (χ4n) is 3.74. The second kappa shape index (κ2) is 7.66. The summed E-state index contributed by atoms with van der Waals surface area (Å²) in [4.78, 5) is 38.3. The molecule has 1 spiro atoms. The molecule has 0 aromatic heterocycles. The first-order valence-corrected chi connectivity index (χ1v) is 9.46. The highest BCUT2D eigenvalue weighted by molar-refractivity contribution is 6.30. The number of amides is 4. The minimum absolute atomic E-state index is 0.253. The van der Waals surface area contributed by atoms with E-state index in [-0.39, 0.29) is 18.4 Å². The third kappa shape index (κ3) is 3.85. The van der Waals surface area contributed by atoms with Crippen molar-refractivity contribution in [3.8, 4) is 0 Å². The molecule has 7 heteroatoms. The smallest absolute Gasteiger partial charge is 0.325 e. The number of carbonyl (C=O) groups is 3. The number of carbonyl (C=O) groups excluding carboxylic acids is 3. The SMILES string of the molecule is CCC1CCC2(CC1)NC(=O)N(CC(=O)NCc1ccc(Cl)cc1)C2=O. The van der Waals surface area contributed by atoms with Crippen molar-refractivity contribution in [1.82, 2.24) is 15.5 Å². The molecule has 0 unspecified atom stereocenters. The highest BCUT2D eigenvalue weighted by atomic mass is 35.5. The van der Waals surface area contributed by atoms with E-state index in [4.69, 9.17) is 11.6 Å². The molecule has 26 heavy (non-hydrogen) atoms. The molecule has 0 bridgehead atoms. The summed E-state index contributed by atoms with van der Waals surface area (Å²) in [7, 11) is 0. The van der Waals surface area contributed by atoms with E-state index >= 15 is 0 Å². The third-order valence-electron chi connectivity index (χ3n) is 5.49. The molecule has 6 nitrogen and oxygen atoms in total. The van der Waals surface area contributed by atoms with Gasteiger partial charge in [0, 0.05) is 11.6 Å². The zero-order valence-electron chi connectivity index (χ0n) is 14.9. The van der Waals surface area contributed by atoms with Gasteiger partial charge in [0.15, 0.2) is 0 Å². The highest BCUT2D eigenvalue weighted by Crippen LogP contribution is 2.37. The number of benzene rings is 1. The van der Waals surface area contributed by atoms with E-state index in [1.807, 2.05) is 12.1 Å². The predicted octanol–water partition coefficient (Wildman–Crippen LogP) is 2.85. The van der Waals surface area contributed by atoms with Crippen LogP contribution < -0.4 is 10.6 Å². The van der Waals surface area contributed by atoms with Crippen molar-refractivity contribution in [2.75, 3.05) is 6.54 Å². The van der Waals surface area contributed by atoms with E-state index in [1.54, 1.807) is 12.1 Å². The van der Waals surface area contributed by atoms with Gasteiger partial charge in [-0.1, -0.05) is 37.1 Å². The van der Waals surface area contributed by atoms with Crippen LogP contribution in [0.25, 0.3) is 0 Å². The lowest BCUT2D eigenvalue weighted by molar-refractivity contribution is -0.136. The molecule has 0 atom stereocenters. The van der Waals surface area contributed by atoms with Crippen LogP contribution in [0.4, 0.5) is 4.79 Å². The molecule has 2 N–H and O–H groups in total. The van der Waals surface area contributed by atoms with Crippen LogP contribution in [-0.2, 0) is 16.1 Å². The molecule has 1 saturated carbocycles. The van der Waals surface area contributed by atoms with Crippen LogP contribution in [0, 0.1) is 5.92 Å². The second-order valence-corrected chi connectivity index (χ2v) is 7.59.